The zero-order chi connectivity index (χ0) is 15.7. The summed E-state index contributed by atoms with van der Waals surface area (Å²) >= 11 is 1.60. The molecule has 1 amide bonds. The van der Waals surface area contributed by atoms with Crippen LogP contribution >= 0.6 is 11.3 Å². The molecule has 2 aromatic rings. The second-order valence-electron chi connectivity index (χ2n) is 5.38. The minimum atomic E-state index is -4.30. The second-order valence-corrected chi connectivity index (χ2v) is 6.16. The third kappa shape index (κ3) is 3.68. The summed E-state index contributed by atoms with van der Waals surface area (Å²) < 4.78 is 37.5. The first-order valence-electron chi connectivity index (χ1n) is 6.80. The molecule has 4 nitrogen and oxygen atoms in total. The summed E-state index contributed by atoms with van der Waals surface area (Å²) in [5, 5.41) is 10.4. The molecule has 0 radical (unpaired) electrons. The number of nitrogens with zero attached hydrogens (tertiary/aromatic N) is 2. The van der Waals surface area contributed by atoms with Crippen LogP contribution in [0.15, 0.2) is 29.2 Å². The Morgan fingerprint density at radius 3 is 3.00 bits per heavy atom. The number of alkyl halides is 3. The molecular weight excluding hydrogens is 315 g/mol. The summed E-state index contributed by atoms with van der Waals surface area (Å²) in [6, 6.07) is 2.02. The predicted molar refractivity (Wildman–Crippen MR) is 75.3 cm³/mol. The maximum absolute atomic E-state index is 12.2. The van der Waals surface area contributed by atoms with E-state index in [1.54, 1.807) is 11.3 Å². The number of aromatic nitrogens is 2. The van der Waals surface area contributed by atoms with E-state index in [4.69, 9.17) is 0 Å². The van der Waals surface area contributed by atoms with Gasteiger partial charge in [-0.15, -0.1) is 0 Å². The van der Waals surface area contributed by atoms with Crippen molar-refractivity contribution in [3.05, 3.63) is 40.3 Å². The Balaban J connectivity index is 1.48. The lowest BCUT2D eigenvalue weighted by atomic mass is 10.2. The highest BCUT2D eigenvalue weighted by Crippen LogP contribution is 2.48. The average Bonchev–Trinajstić information content (AvgIpc) is 2.85. The lowest BCUT2D eigenvalue weighted by molar-refractivity contribution is -0.142. The number of halogens is 3. The highest BCUT2D eigenvalue weighted by molar-refractivity contribution is 7.08. The fourth-order valence-electron chi connectivity index (χ4n) is 2.43. The van der Waals surface area contributed by atoms with Crippen molar-refractivity contribution in [2.75, 3.05) is 0 Å². The van der Waals surface area contributed by atoms with E-state index in [0.717, 1.165) is 11.1 Å². The van der Waals surface area contributed by atoms with Gasteiger partial charge in [0, 0.05) is 24.2 Å². The molecule has 2 atom stereocenters. The molecule has 0 unspecified atom stereocenters. The monoisotopic (exact) mass is 329 g/mol. The van der Waals surface area contributed by atoms with Crippen LogP contribution in [0, 0.1) is 5.92 Å². The topological polar surface area (TPSA) is 46.9 Å². The normalized spacial score (nSPS) is 20.9. The SMILES string of the molecule is O=C(NCc1cnn(CC(F)(F)F)c1)[C@@H]1C[C@H]1c1ccsc1. The molecule has 2 aromatic heterocycles. The molecule has 1 saturated carbocycles. The summed E-state index contributed by atoms with van der Waals surface area (Å²) in [6.45, 7) is -0.923. The van der Waals surface area contributed by atoms with Gasteiger partial charge >= 0.3 is 6.18 Å². The van der Waals surface area contributed by atoms with Gasteiger partial charge in [0.2, 0.25) is 5.91 Å². The van der Waals surface area contributed by atoms with Crippen LogP contribution in [0.25, 0.3) is 0 Å². The molecule has 118 valence electrons. The third-order valence-corrected chi connectivity index (χ3v) is 4.29. The zero-order valence-electron chi connectivity index (χ0n) is 11.5. The number of nitrogens with one attached hydrogen (secondary N) is 1. The lowest BCUT2D eigenvalue weighted by Gasteiger charge is -2.05. The fourth-order valence-corrected chi connectivity index (χ4v) is 3.15. The molecule has 0 spiro atoms. The van der Waals surface area contributed by atoms with Crippen LogP contribution in [0.4, 0.5) is 13.2 Å². The first kappa shape index (κ1) is 15.1. The smallest absolute Gasteiger partial charge is 0.352 e. The number of carbonyl (C=O) groups is 1. The molecule has 0 aromatic carbocycles. The van der Waals surface area contributed by atoms with Crippen LogP contribution in [0.3, 0.4) is 0 Å². The van der Waals surface area contributed by atoms with Crippen molar-refractivity contribution in [2.24, 2.45) is 5.92 Å². The van der Waals surface area contributed by atoms with E-state index in [0.29, 0.717) is 5.56 Å². The van der Waals surface area contributed by atoms with E-state index in [1.165, 1.54) is 18.0 Å². The van der Waals surface area contributed by atoms with Crippen LogP contribution in [0.1, 0.15) is 23.5 Å². The van der Waals surface area contributed by atoms with Crippen LogP contribution in [-0.4, -0.2) is 21.9 Å². The average molecular weight is 329 g/mol. The Bertz CT molecular complexity index is 651. The molecule has 0 bridgehead atoms. The van der Waals surface area contributed by atoms with Crippen molar-refractivity contribution in [1.29, 1.82) is 0 Å². The summed E-state index contributed by atoms with van der Waals surface area (Å²) in [5.74, 6) is 0.193. The van der Waals surface area contributed by atoms with Gasteiger partial charge in [0.1, 0.15) is 6.54 Å². The number of amides is 1. The van der Waals surface area contributed by atoms with Gasteiger partial charge in [-0.25, -0.2) is 0 Å². The Morgan fingerprint density at radius 1 is 1.50 bits per heavy atom. The largest absolute Gasteiger partial charge is 0.408 e. The van der Waals surface area contributed by atoms with E-state index in [-0.39, 0.29) is 24.3 Å². The van der Waals surface area contributed by atoms with Crippen LogP contribution in [0.2, 0.25) is 0 Å². The molecule has 22 heavy (non-hydrogen) atoms. The first-order chi connectivity index (χ1) is 10.4. The molecule has 8 heteroatoms. The quantitative estimate of drug-likeness (QED) is 0.917. The molecule has 0 saturated heterocycles. The maximum Gasteiger partial charge on any atom is 0.408 e. The Morgan fingerprint density at radius 2 is 2.32 bits per heavy atom. The highest BCUT2D eigenvalue weighted by Gasteiger charge is 2.43. The van der Waals surface area contributed by atoms with Crippen LogP contribution in [0.5, 0.6) is 0 Å². The molecule has 1 aliphatic carbocycles. The Hall–Kier alpha value is -1.83. The number of hydrogen-bond donors (Lipinski definition) is 1. The maximum atomic E-state index is 12.2. The zero-order valence-corrected chi connectivity index (χ0v) is 12.3. The summed E-state index contributed by atoms with van der Waals surface area (Å²) in [5.41, 5.74) is 1.74. The summed E-state index contributed by atoms with van der Waals surface area (Å²) in [7, 11) is 0. The number of rotatable bonds is 5. The molecule has 1 aliphatic rings. The molecule has 0 aliphatic heterocycles. The van der Waals surface area contributed by atoms with Gasteiger partial charge in [-0.05, 0) is 34.7 Å². The number of thiophene rings is 1. The van der Waals surface area contributed by atoms with Crippen LogP contribution in [-0.2, 0) is 17.9 Å². The predicted octanol–water partition coefficient (Wildman–Crippen LogP) is 2.93. The van der Waals surface area contributed by atoms with Gasteiger partial charge in [0.15, 0.2) is 0 Å². The molecule has 3 rings (SSSR count). The van der Waals surface area contributed by atoms with E-state index >= 15 is 0 Å². The molecule has 1 N–H and O–H groups in total. The number of hydrogen-bond acceptors (Lipinski definition) is 3. The van der Waals surface area contributed by atoms with E-state index < -0.39 is 12.7 Å². The minimum absolute atomic E-state index is 0.0279. The van der Waals surface area contributed by atoms with Crippen molar-refractivity contribution in [3.63, 3.8) is 0 Å². The van der Waals surface area contributed by atoms with Gasteiger partial charge in [0.05, 0.1) is 6.20 Å². The van der Waals surface area contributed by atoms with Crippen LogP contribution < -0.4 is 5.32 Å². The second kappa shape index (κ2) is 5.75. The molecule has 1 fully saturated rings. The van der Waals surface area contributed by atoms with Crippen molar-refractivity contribution in [1.82, 2.24) is 15.1 Å². The van der Waals surface area contributed by atoms with E-state index in [1.807, 2.05) is 16.8 Å². The first-order valence-corrected chi connectivity index (χ1v) is 7.74. The van der Waals surface area contributed by atoms with E-state index in [2.05, 4.69) is 10.4 Å². The highest BCUT2D eigenvalue weighted by atomic mass is 32.1. The standard InChI is InChI=1S/C14H14F3N3OS/c15-14(16,17)8-20-6-9(5-19-20)4-18-13(21)12-3-11(12)10-1-2-22-7-10/h1-2,5-7,11-12H,3-4,8H2,(H,18,21)/t11-,12+/m0/s1. The molecular formula is C14H14F3N3OS. The fraction of sp³-hybridized carbons (Fsp3) is 0.429. The van der Waals surface area contributed by atoms with Crippen molar-refractivity contribution in [2.45, 2.75) is 31.6 Å². The molecule has 2 heterocycles. The van der Waals surface area contributed by atoms with Gasteiger partial charge in [-0.3, -0.25) is 9.48 Å². The number of carbonyl (C=O) groups excluding carboxylic acids is 1. The van der Waals surface area contributed by atoms with Gasteiger partial charge in [0.25, 0.3) is 0 Å². The Kier molecular flexibility index (Phi) is 3.94. The summed E-state index contributed by atoms with van der Waals surface area (Å²) in [4.78, 5) is 12.0. The van der Waals surface area contributed by atoms with Crippen molar-refractivity contribution >= 4 is 17.2 Å². The Labute approximate surface area is 128 Å². The van der Waals surface area contributed by atoms with Crippen molar-refractivity contribution in [3.8, 4) is 0 Å². The van der Waals surface area contributed by atoms with Gasteiger partial charge < -0.3 is 5.32 Å². The van der Waals surface area contributed by atoms with E-state index in [9.17, 15) is 18.0 Å². The van der Waals surface area contributed by atoms with Crippen molar-refractivity contribution < 1.29 is 18.0 Å². The van der Waals surface area contributed by atoms with Gasteiger partial charge in [-0.2, -0.15) is 29.6 Å². The van der Waals surface area contributed by atoms with Gasteiger partial charge in [-0.1, -0.05) is 0 Å². The summed E-state index contributed by atoms with van der Waals surface area (Å²) in [6.07, 6.45) is -0.823. The third-order valence-electron chi connectivity index (χ3n) is 3.59. The minimum Gasteiger partial charge on any atom is -0.352 e. The lowest BCUT2D eigenvalue weighted by Crippen LogP contribution is -2.24.